The summed E-state index contributed by atoms with van der Waals surface area (Å²) in [5, 5.41) is 12.1. The van der Waals surface area contributed by atoms with Crippen LogP contribution in [0.1, 0.15) is 43.4 Å². The summed E-state index contributed by atoms with van der Waals surface area (Å²) in [6.45, 7) is 2.44. The van der Waals surface area contributed by atoms with Gasteiger partial charge >= 0.3 is 0 Å². The number of anilines is 1. The first-order valence-electron chi connectivity index (χ1n) is 8.44. The van der Waals surface area contributed by atoms with Crippen LogP contribution in [0.25, 0.3) is 0 Å². The zero-order chi connectivity index (χ0) is 16.5. The molecular formula is C16H19F2N5O. The van der Waals surface area contributed by atoms with Gasteiger partial charge in [-0.1, -0.05) is 5.10 Å². The van der Waals surface area contributed by atoms with Crippen molar-refractivity contribution in [1.29, 1.82) is 0 Å². The predicted octanol–water partition coefficient (Wildman–Crippen LogP) is 2.78. The van der Waals surface area contributed by atoms with Crippen LogP contribution in [0.2, 0.25) is 0 Å². The highest BCUT2D eigenvalue weighted by Gasteiger charge is 2.74. The Morgan fingerprint density at radius 1 is 1.29 bits per heavy atom. The van der Waals surface area contributed by atoms with E-state index in [1.54, 1.807) is 10.9 Å². The van der Waals surface area contributed by atoms with Crippen LogP contribution in [0.3, 0.4) is 0 Å². The molecule has 4 heterocycles. The van der Waals surface area contributed by atoms with E-state index in [0.717, 1.165) is 24.2 Å². The highest BCUT2D eigenvalue weighted by Crippen LogP contribution is 2.69. The van der Waals surface area contributed by atoms with Crippen LogP contribution in [0.5, 0.6) is 0 Å². The van der Waals surface area contributed by atoms with Crippen molar-refractivity contribution < 1.29 is 13.2 Å². The maximum absolute atomic E-state index is 13.8. The molecule has 128 valence electrons. The van der Waals surface area contributed by atoms with Crippen LogP contribution in [-0.4, -0.2) is 38.2 Å². The van der Waals surface area contributed by atoms with Crippen molar-refractivity contribution in [2.45, 2.75) is 63.6 Å². The number of alkyl halides is 2. The molecule has 2 atom stereocenters. The largest absolute Gasteiger partial charge is 0.467 e. The average molecular weight is 335 g/mol. The number of piperidine rings is 1. The Morgan fingerprint density at radius 2 is 2.00 bits per heavy atom. The topological polar surface area (TPSA) is 60.0 Å². The second-order valence-corrected chi connectivity index (χ2v) is 7.53. The number of tetrazole rings is 1. The van der Waals surface area contributed by atoms with Gasteiger partial charge in [0.2, 0.25) is 5.95 Å². The molecule has 1 spiro atoms. The van der Waals surface area contributed by atoms with E-state index in [1.807, 2.05) is 13.0 Å². The SMILES string of the molecule is Cc1ccoc1Cn1nnnc1N1C2CCC1CC1(C2)CC1(F)F. The smallest absolute Gasteiger partial charge is 0.254 e. The first kappa shape index (κ1) is 14.4. The Bertz CT molecular complexity index is 771. The molecule has 0 radical (unpaired) electrons. The van der Waals surface area contributed by atoms with Gasteiger partial charge < -0.3 is 9.32 Å². The van der Waals surface area contributed by atoms with Crippen LogP contribution >= 0.6 is 0 Å². The van der Waals surface area contributed by atoms with Crippen molar-refractivity contribution in [1.82, 2.24) is 20.2 Å². The molecular weight excluding hydrogens is 316 g/mol. The Morgan fingerprint density at radius 3 is 2.58 bits per heavy atom. The zero-order valence-electron chi connectivity index (χ0n) is 13.5. The van der Waals surface area contributed by atoms with E-state index >= 15 is 0 Å². The van der Waals surface area contributed by atoms with Crippen molar-refractivity contribution in [3.05, 3.63) is 23.7 Å². The first-order chi connectivity index (χ1) is 11.5. The predicted molar refractivity (Wildman–Crippen MR) is 80.9 cm³/mol. The average Bonchev–Trinajstić information content (AvgIpc) is 2.97. The third-order valence-electron chi connectivity index (χ3n) is 6.09. The van der Waals surface area contributed by atoms with Crippen molar-refractivity contribution in [3.8, 4) is 0 Å². The summed E-state index contributed by atoms with van der Waals surface area (Å²) in [6, 6.07) is 2.13. The number of hydrogen-bond donors (Lipinski definition) is 0. The summed E-state index contributed by atoms with van der Waals surface area (Å²) in [6.07, 6.45) is 4.67. The van der Waals surface area contributed by atoms with Crippen LogP contribution < -0.4 is 4.90 Å². The van der Waals surface area contributed by atoms with Gasteiger partial charge in [-0.3, -0.25) is 0 Å². The summed E-state index contributed by atoms with van der Waals surface area (Å²) >= 11 is 0. The number of aromatic nitrogens is 4. The molecule has 1 aliphatic carbocycles. The molecule has 2 aromatic heterocycles. The third kappa shape index (κ3) is 1.88. The van der Waals surface area contributed by atoms with Gasteiger partial charge in [-0.2, -0.15) is 0 Å². The molecule has 2 aromatic rings. The van der Waals surface area contributed by atoms with E-state index < -0.39 is 11.3 Å². The molecule has 3 fully saturated rings. The zero-order valence-corrected chi connectivity index (χ0v) is 13.5. The van der Waals surface area contributed by atoms with Gasteiger partial charge in [-0.25, -0.2) is 13.5 Å². The Balaban J connectivity index is 1.43. The van der Waals surface area contributed by atoms with Gasteiger partial charge in [-0.15, -0.1) is 0 Å². The highest BCUT2D eigenvalue weighted by molar-refractivity contribution is 5.39. The van der Waals surface area contributed by atoms with E-state index in [2.05, 4.69) is 20.4 Å². The third-order valence-corrected chi connectivity index (χ3v) is 6.09. The van der Waals surface area contributed by atoms with Crippen LogP contribution in [0.4, 0.5) is 14.7 Å². The van der Waals surface area contributed by atoms with E-state index in [0.29, 0.717) is 25.3 Å². The lowest BCUT2D eigenvalue weighted by Gasteiger charge is -2.39. The Hall–Kier alpha value is -1.99. The molecule has 2 bridgehead atoms. The summed E-state index contributed by atoms with van der Waals surface area (Å²) in [4.78, 5) is 2.18. The fraction of sp³-hybridized carbons (Fsp3) is 0.688. The quantitative estimate of drug-likeness (QED) is 0.863. The van der Waals surface area contributed by atoms with Crippen molar-refractivity contribution in [2.75, 3.05) is 4.90 Å². The summed E-state index contributed by atoms with van der Waals surface area (Å²) in [5.74, 6) is -0.979. The molecule has 24 heavy (non-hydrogen) atoms. The van der Waals surface area contributed by atoms with Crippen molar-refractivity contribution >= 4 is 5.95 Å². The standard InChI is InChI=1S/C16H19F2N5O/c1-10-4-5-24-13(10)8-22-14(19-20-21-22)23-11-2-3-12(23)7-15(6-11)9-16(15,17)18/h4-5,11-12H,2-3,6-9H2,1H3. The number of furan rings is 1. The van der Waals surface area contributed by atoms with E-state index in [4.69, 9.17) is 4.42 Å². The molecule has 5 rings (SSSR count). The lowest BCUT2D eigenvalue weighted by atomic mass is 9.87. The summed E-state index contributed by atoms with van der Waals surface area (Å²) in [7, 11) is 0. The molecule has 1 saturated carbocycles. The number of rotatable bonds is 3. The molecule has 2 aliphatic heterocycles. The fourth-order valence-electron chi connectivity index (χ4n) is 4.69. The second kappa shape index (κ2) is 4.55. The maximum Gasteiger partial charge on any atom is 0.254 e. The molecule has 0 amide bonds. The van der Waals surface area contributed by atoms with Gasteiger partial charge in [0.25, 0.3) is 5.92 Å². The summed E-state index contributed by atoms with van der Waals surface area (Å²) in [5.41, 5.74) is 0.292. The summed E-state index contributed by atoms with van der Waals surface area (Å²) < 4.78 is 34.8. The highest BCUT2D eigenvalue weighted by atomic mass is 19.3. The number of hydrogen-bond acceptors (Lipinski definition) is 5. The monoisotopic (exact) mass is 335 g/mol. The fourth-order valence-corrected chi connectivity index (χ4v) is 4.69. The van der Waals surface area contributed by atoms with Gasteiger partial charge in [-0.05, 0) is 54.7 Å². The lowest BCUT2D eigenvalue weighted by molar-refractivity contribution is 0.0464. The molecule has 6 nitrogen and oxygen atoms in total. The van der Waals surface area contributed by atoms with Crippen molar-refractivity contribution in [2.24, 2.45) is 5.41 Å². The van der Waals surface area contributed by atoms with E-state index in [-0.39, 0.29) is 18.5 Å². The Labute approximate surface area is 137 Å². The lowest BCUT2D eigenvalue weighted by Crippen LogP contribution is -2.46. The minimum absolute atomic E-state index is 0.0529. The first-order valence-corrected chi connectivity index (χ1v) is 8.44. The van der Waals surface area contributed by atoms with E-state index in [9.17, 15) is 8.78 Å². The van der Waals surface area contributed by atoms with Gasteiger partial charge in [0.05, 0.1) is 6.26 Å². The number of nitrogens with zero attached hydrogens (tertiary/aromatic N) is 5. The Kier molecular flexibility index (Phi) is 2.72. The minimum Gasteiger partial charge on any atom is -0.467 e. The number of fused-ring (bicyclic) bond motifs is 2. The molecule has 0 N–H and O–H groups in total. The van der Waals surface area contributed by atoms with Gasteiger partial charge in [0.1, 0.15) is 12.3 Å². The van der Waals surface area contributed by atoms with Crippen molar-refractivity contribution in [3.63, 3.8) is 0 Å². The van der Waals surface area contributed by atoms with Crippen LogP contribution in [0.15, 0.2) is 16.7 Å². The van der Waals surface area contributed by atoms with Crippen LogP contribution in [0, 0.1) is 12.3 Å². The van der Waals surface area contributed by atoms with Crippen LogP contribution in [-0.2, 0) is 6.54 Å². The van der Waals surface area contributed by atoms with E-state index in [1.165, 1.54) is 0 Å². The molecule has 2 unspecified atom stereocenters. The van der Waals surface area contributed by atoms with Gasteiger partial charge in [0.15, 0.2) is 0 Å². The number of halogens is 2. The minimum atomic E-state index is -2.48. The number of aryl methyl sites for hydroxylation is 1. The normalized spacial score (nSPS) is 33.4. The second-order valence-electron chi connectivity index (χ2n) is 7.53. The molecule has 0 aromatic carbocycles. The molecule has 8 heteroatoms. The van der Waals surface area contributed by atoms with Gasteiger partial charge in [0, 0.05) is 23.9 Å². The molecule has 2 saturated heterocycles. The molecule has 3 aliphatic rings. The maximum atomic E-state index is 13.8.